The van der Waals surface area contributed by atoms with Crippen LogP contribution in [0, 0.1) is 17.0 Å². The van der Waals surface area contributed by atoms with Gasteiger partial charge in [0.15, 0.2) is 0 Å². The van der Waals surface area contributed by atoms with Crippen LogP contribution in [0.15, 0.2) is 47.4 Å². The van der Waals surface area contributed by atoms with Crippen LogP contribution < -0.4 is 4.90 Å². The van der Waals surface area contributed by atoms with E-state index in [2.05, 4.69) is 36.9 Å². The lowest BCUT2D eigenvalue weighted by molar-refractivity contribution is -0.387. The normalized spacial score (nSPS) is 16.0. The SMILES string of the molecule is CCOC(=O)CSc1ccc(C(=O)N2CCN(c3cccc(C)c3)[C@@H](C)C2)cc1[N+](=O)[O-]. The fraction of sp³-hybridized carbons (Fsp3) is 0.391. The summed E-state index contributed by atoms with van der Waals surface area (Å²) in [6.45, 7) is 7.82. The van der Waals surface area contributed by atoms with Gasteiger partial charge in [-0.2, -0.15) is 0 Å². The molecule has 9 heteroatoms. The number of ether oxygens (including phenoxy) is 1. The Morgan fingerprint density at radius 3 is 2.66 bits per heavy atom. The van der Waals surface area contributed by atoms with Crippen LogP contribution in [-0.4, -0.2) is 59.7 Å². The molecule has 0 unspecified atom stereocenters. The maximum absolute atomic E-state index is 13.1. The average Bonchev–Trinajstić information content (AvgIpc) is 2.77. The number of thioether (sulfide) groups is 1. The van der Waals surface area contributed by atoms with Crippen LogP contribution in [0.1, 0.15) is 29.8 Å². The third kappa shape index (κ3) is 5.59. The quantitative estimate of drug-likeness (QED) is 0.269. The van der Waals surface area contributed by atoms with Gasteiger partial charge in [0.05, 0.1) is 22.2 Å². The molecule has 0 bridgehead atoms. The van der Waals surface area contributed by atoms with Gasteiger partial charge in [-0.3, -0.25) is 19.7 Å². The monoisotopic (exact) mass is 457 g/mol. The van der Waals surface area contributed by atoms with Crippen LogP contribution in [0.5, 0.6) is 0 Å². The lowest BCUT2D eigenvalue weighted by Gasteiger charge is -2.41. The van der Waals surface area contributed by atoms with Crippen LogP contribution in [0.3, 0.4) is 0 Å². The molecule has 0 aliphatic carbocycles. The number of benzene rings is 2. The first kappa shape index (κ1) is 23.6. The van der Waals surface area contributed by atoms with E-state index in [1.165, 1.54) is 17.7 Å². The molecule has 32 heavy (non-hydrogen) atoms. The Balaban J connectivity index is 1.71. The molecule has 1 amide bonds. The Morgan fingerprint density at radius 2 is 2.00 bits per heavy atom. The zero-order valence-corrected chi connectivity index (χ0v) is 19.3. The van der Waals surface area contributed by atoms with Gasteiger partial charge >= 0.3 is 5.97 Å². The standard InChI is InChI=1S/C23H27N3O5S/c1-4-31-22(27)15-32-21-9-8-18(13-20(21)26(29)30)23(28)24-10-11-25(17(3)14-24)19-7-5-6-16(2)12-19/h5-9,12-13,17H,4,10-11,14-15H2,1-3H3/t17-/m0/s1. The number of anilines is 1. The van der Waals surface area contributed by atoms with Gasteiger partial charge in [0.25, 0.3) is 11.6 Å². The second-order valence-electron chi connectivity index (χ2n) is 7.67. The molecule has 0 saturated carbocycles. The van der Waals surface area contributed by atoms with Crippen molar-refractivity contribution in [2.75, 3.05) is 36.9 Å². The molecule has 1 aliphatic heterocycles. The van der Waals surface area contributed by atoms with E-state index in [9.17, 15) is 19.7 Å². The van der Waals surface area contributed by atoms with Gasteiger partial charge < -0.3 is 14.5 Å². The van der Waals surface area contributed by atoms with Gasteiger partial charge in [-0.15, -0.1) is 11.8 Å². The molecule has 1 aliphatic rings. The summed E-state index contributed by atoms with van der Waals surface area (Å²) in [5.41, 5.74) is 2.40. The van der Waals surface area contributed by atoms with E-state index in [0.29, 0.717) is 24.5 Å². The van der Waals surface area contributed by atoms with E-state index in [4.69, 9.17) is 4.74 Å². The Kier molecular flexibility index (Phi) is 7.74. The molecule has 0 spiro atoms. The smallest absolute Gasteiger partial charge is 0.316 e. The molecular weight excluding hydrogens is 430 g/mol. The Hall–Kier alpha value is -3.07. The summed E-state index contributed by atoms with van der Waals surface area (Å²) in [6.07, 6.45) is 0. The molecule has 0 aromatic heterocycles. The van der Waals surface area contributed by atoms with Crippen molar-refractivity contribution in [3.63, 3.8) is 0 Å². The minimum atomic E-state index is -0.525. The van der Waals surface area contributed by atoms with Crippen LogP contribution in [0.4, 0.5) is 11.4 Å². The fourth-order valence-electron chi connectivity index (χ4n) is 3.77. The summed E-state index contributed by atoms with van der Waals surface area (Å²) in [7, 11) is 0. The molecule has 3 rings (SSSR count). The molecule has 170 valence electrons. The van der Waals surface area contributed by atoms with Crippen molar-refractivity contribution >= 4 is 35.0 Å². The fourth-order valence-corrected chi connectivity index (χ4v) is 4.57. The molecule has 8 nitrogen and oxygen atoms in total. The van der Waals surface area contributed by atoms with Crippen molar-refractivity contribution in [2.24, 2.45) is 0 Å². The first-order valence-electron chi connectivity index (χ1n) is 10.5. The maximum Gasteiger partial charge on any atom is 0.316 e. The number of hydrogen-bond donors (Lipinski definition) is 0. The Bertz CT molecular complexity index is 1010. The molecule has 2 aromatic carbocycles. The number of rotatable bonds is 7. The minimum absolute atomic E-state index is 0.0274. The summed E-state index contributed by atoms with van der Waals surface area (Å²) in [4.78, 5) is 40.0. The number of esters is 1. The van der Waals surface area contributed by atoms with Crippen LogP contribution in [-0.2, 0) is 9.53 Å². The van der Waals surface area contributed by atoms with E-state index >= 15 is 0 Å². The highest BCUT2D eigenvalue weighted by molar-refractivity contribution is 8.00. The number of nitrogens with zero attached hydrogens (tertiary/aromatic N) is 3. The molecular formula is C23H27N3O5S. The predicted molar refractivity (Wildman–Crippen MR) is 124 cm³/mol. The first-order chi connectivity index (χ1) is 15.3. The van der Waals surface area contributed by atoms with Crippen molar-refractivity contribution in [1.82, 2.24) is 4.90 Å². The Morgan fingerprint density at radius 1 is 1.22 bits per heavy atom. The summed E-state index contributed by atoms with van der Waals surface area (Å²) in [5.74, 6) is -0.696. The zero-order chi connectivity index (χ0) is 23.3. The molecule has 1 atom stereocenters. The molecule has 1 heterocycles. The summed E-state index contributed by atoms with van der Waals surface area (Å²) < 4.78 is 4.87. The lowest BCUT2D eigenvalue weighted by atomic mass is 10.1. The number of piperazine rings is 1. The topological polar surface area (TPSA) is 93.0 Å². The highest BCUT2D eigenvalue weighted by atomic mass is 32.2. The number of carbonyl (C=O) groups excluding carboxylic acids is 2. The van der Waals surface area contributed by atoms with Gasteiger partial charge in [-0.25, -0.2) is 0 Å². The molecule has 0 N–H and O–H groups in total. The van der Waals surface area contributed by atoms with E-state index in [-0.39, 0.29) is 35.6 Å². The largest absolute Gasteiger partial charge is 0.465 e. The number of amides is 1. The van der Waals surface area contributed by atoms with Crippen LogP contribution in [0.2, 0.25) is 0 Å². The third-order valence-corrected chi connectivity index (χ3v) is 6.34. The highest BCUT2D eigenvalue weighted by Gasteiger charge is 2.29. The van der Waals surface area contributed by atoms with Crippen molar-refractivity contribution in [2.45, 2.75) is 31.7 Å². The Labute approximate surface area is 191 Å². The highest BCUT2D eigenvalue weighted by Crippen LogP contribution is 2.31. The van der Waals surface area contributed by atoms with Gasteiger partial charge in [0.2, 0.25) is 0 Å². The zero-order valence-electron chi connectivity index (χ0n) is 18.4. The summed E-state index contributed by atoms with van der Waals surface area (Å²) >= 11 is 1.03. The lowest BCUT2D eigenvalue weighted by Crippen LogP contribution is -2.53. The van der Waals surface area contributed by atoms with Crippen LogP contribution in [0.25, 0.3) is 0 Å². The van der Waals surface area contributed by atoms with Crippen molar-refractivity contribution in [1.29, 1.82) is 0 Å². The van der Waals surface area contributed by atoms with Crippen molar-refractivity contribution in [3.8, 4) is 0 Å². The molecule has 0 radical (unpaired) electrons. The van der Waals surface area contributed by atoms with E-state index in [0.717, 1.165) is 17.4 Å². The maximum atomic E-state index is 13.1. The first-order valence-corrected chi connectivity index (χ1v) is 11.5. The average molecular weight is 458 g/mol. The summed E-state index contributed by atoms with van der Waals surface area (Å²) in [5, 5.41) is 11.6. The second kappa shape index (κ2) is 10.5. The van der Waals surface area contributed by atoms with E-state index in [1.54, 1.807) is 17.9 Å². The van der Waals surface area contributed by atoms with E-state index in [1.807, 2.05) is 6.07 Å². The van der Waals surface area contributed by atoms with Gasteiger partial charge in [0, 0.05) is 43.0 Å². The van der Waals surface area contributed by atoms with Crippen molar-refractivity contribution in [3.05, 3.63) is 63.7 Å². The number of hydrogen-bond acceptors (Lipinski definition) is 7. The number of nitro groups is 1. The third-order valence-electron chi connectivity index (χ3n) is 5.30. The molecule has 1 fully saturated rings. The van der Waals surface area contributed by atoms with E-state index < -0.39 is 10.9 Å². The number of nitro benzene ring substituents is 1. The number of aryl methyl sites for hydroxylation is 1. The minimum Gasteiger partial charge on any atom is -0.465 e. The predicted octanol–water partition coefficient (Wildman–Crippen LogP) is 3.91. The summed E-state index contributed by atoms with van der Waals surface area (Å²) in [6, 6.07) is 12.8. The van der Waals surface area contributed by atoms with Crippen LogP contribution >= 0.6 is 11.8 Å². The number of carbonyl (C=O) groups is 2. The van der Waals surface area contributed by atoms with Gasteiger partial charge in [0.1, 0.15) is 0 Å². The molecule has 1 saturated heterocycles. The van der Waals surface area contributed by atoms with Gasteiger partial charge in [-0.05, 0) is 50.6 Å². The second-order valence-corrected chi connectivity index (χ2v) is 8.68. The molecule has 2 aromatic rings. The van der Waals surface area contributed by atoms with Gasteiger partial charge in [-0.1, -0.05) is 12.1 Å². The van der Waals surface area contributed by atoms with Crippen molar-refractivity contribution < 1.29 is 19.2 Å².